The van der Waals surface area contributed by atoms with Gasteiger partial charge in [-0.2, -0.15) is 5.10 Å². The van der Waals surface area contributed by atoms with E-state index in [-0.39, 0.29) is 5.75 Å². The van der Waals surface area contributed by atoms with E-state index < -0.39 is 11.9 Å². The van der Waals surface area contributed by atoms with E-state index in [2.05, 4.69) is 11.5 Å². The molecule has 1 atom stereocenters. The number of aromatic nitrogens is 2. The van der Waals surface area contributed by atoms with Gasteiger partial charge < -0.3 is 14.3 Å². The summed E-state index contributed by atoms with van der Waals surface area (Å²) in [4.78, 5) is 2.09. The molecule has 1 N–H and O–H groups in total. The molecule has 2 heterocycles. The van der Waals surface area contributed by atoms with E-state index >= 15 is 0 Å². The maximum absolute atomic E-state index is 14.5. The van der Waals surface area contributed by atoms with Crippen molar-refractivity contribution < 1.29 is 18.7 Å². The molecule has 0 aliphatic rings. The van der Waals surface area contributed by atoms with Crippen LogP contribution in [0, 0.1) is 5.82 Å². The predicted molar refractivity (Wildman–Crippen MR) is 133 cm³/mol. The molecule has 4 aromatic rings. The average Bonchev–Trinajstić information content (AvgIpc) is 3.48. The second-order valence-corrected chi connectivity index (χ2v) is 8.42. The smallest absolute Gasteiger partial charge is 0.222 e. The predicted octanol–water partition coefficient (Wildman–Crippen LogP) is 5.94. The molecule has 35 heavy (non-hydrogen) atoms. The Hall–Kier alpha value is -3.68. The lowest BCUT2D eigenvalue weighted by molar-refractivity contribution is 0.0941. The number of furan rings is 1. The molecule has 0 fully saturated rings. The zero-order valence-corrected chi connectivity index (χ0v) is 19.8. The van der Waals surface area contributed by atoms with Crippen molar-refractivity contribution >= 4 is 0 Å². The summed E-state index contributed by atoms with van der Waals surface area (Å²) in [5.41, 5.74) is 2.46. The minimum atomic E-state index is -0.546. The van der Waals surface area contributed by atoms with Crippen molar-refractivity contribution in [3.05, 3.63) is 103 Å². The lowest BCUT2D eigenvalue weighted by Crippen LogP contribution is -2.31. The number of hydrogen-bond donors (Lipinski definition) is 1. The number of halogens is 1. The molecule has 0 spiro atoms. The van der Waals surface area contributed by atoms with Crippen LogP contribution in [0.1, 0.15) is 24.2 Å². The molecule has 2 aromatic heterocycles. The van der Waals surface area contributed by atoms with Gasteiger partial charge >= 0.3 is 0 Å². The second-order valence-electron chi connectivity index (χ2n) is 8.42. The molecule has 0 unspecified atom stereocenters. The highest BCUT2D eigenvalue weighted by atomic mass is 19.1. The van der Waals surface area contributed by atoms with Crippen LogP contribution < -0.4 is 4.74 Å². The van der Waals surface area contributed by atoms with Crippen molar-refractivity contribution in [3.8, 4) is 22.9 Å². The van der Waals surface area contributed by atoms with E-state index in [0.29, 0.717) is 31.9 Å². The van der Waals surface area contributed by atoms with Gasteiger partial charge in [0.2, 0.25) is 5.88 Å². The highest BCUT2D eigenvalue weighted by molar-refractivity contribution is 5.65. The molecular formula is C28H30FN3O3. The third-order valence-electron chi connectivity index (χ3n) is 5.69. The Bertz CT molecular complexity index is 1220. The van der Waals surface area contributed by atoms with Gasteiger partial charge in [-0.1, -0.05) is 48.5 Å². The van der Waals surface area contributed by atoms with Gasteiger partial charge in [-0.3, -0.25) is 4.90 Å². The lowest BCUT2D eigenvalue weighted by Gasteiger charge is -2.24. The van der Waals surface area contributed by atoms with Gasteiger partial charge in [0.05, 0.1) is 24.5 Å². The van der Waals surface area contributed by atoms with Gasteiger partial charge in [-0.15, -0.1) is 6.58 Å². The summed E-state index contributed by atoms with van der Waals surface area (Å²) in [6.07, 6.45) is 4.22. The summed E-state index contributed by atoms with van der Waals surface area (Å²) < 4.78 is 27.7. The van der Waals surface area contributed by atoms with E-state index in [0.717, 1.165) is 29.0 Å². The number of benzene rings is 2. The fourth-order valence-electron chi connectivity index (χ4n) is 4.01. The Labute approximate surface area is 204 Å². The van der Waals surface area contributed by atoms with Gasteiger partial charge in [0.15, 0.2) is 11.6 Å². The van der Waals surface area contributed by atoms with Gasteiger partial charge in [0.25, 0.3) is 0 Å². The van der Waals surface area contributed by atoms with Crippen molar-refractivity contribution in [2.24, 2.45) is 7.05 Å². The highest BCUT2D eigenvalue weighted by Crippen LogP contribution is 2.35. The van der Waals surface area contributed by atoms with Gasteiger partial charge in [-0.05, 0) is 37.1 Å². The number of rotatable bonds is 12. The monoisotopic (exact) mass is 475 g/mol. The first-order valence-corrected chi connectivity index (χ1v) is 11.6. The van der Waals surface area contributed by atoms with Crippen molar-refractivity contribution in [2.75, 3.05) is 6.54 Å². The maximum Gasteiger partial charge on any atom is 0.222 e. The van der Waals surface area contributed by atoms with Gasteiger partial charge in [0.1, 0.15) is 11.5 Å². The summed E-state index contributed by atoms with van der Waals surface area (Å²) in [5, 5.41) is 15.4. The Morgan fingerprint density at radius 1 is 1.11 bits per heavy atom. The first-order chi connectivity index (χ1) is 17.0. The molecule has 7 heteroatoms. The highest BCUT2D eigenvalue weighted by Gasteiger charge is 2.24. The topological polar surface area (TPSA) is 63.7 Å². The molecule has 2 aromatic carbocycles. The molecule has 0 aliphatic heterocycles. The average molecular weight is 476 g/mol. The molecule has 0 radical (unpaired) electrons. The number of hydrogen-bond acceptors (Lipinski definition) is 5. The van der Waals surface area contributed by atoms with E-state index in [1.165, 1.54) is 6.07 Å². The summed E-state index contributed by atoms with van der Waals surface area (Å²) >= 11 is 0. The summed E-state index contributed by atoms with van der Waals surface area (Å²) in [5.74, 6) is 0.898. The van der Waals surface area contributed by atoms with Crippen LogP contribution in [0.2, 0.25) is 0 Å². The van der Waals surface area contributed by atoms with Crippen molar-refractivity contribution in [1.82, 2.24) is 14.7 Å². The van der Waals surface area contributed by atoms with Crippen LogP contribution in [-0.2, 0) is 20.1 Å². The van der Waals surface area contributed by atoms with Crippen LogP contribution in [0.25, 0.3) is 11.3 Å². The van der Waals surface area contributed by atoms with Gasteiger partial charge in [-0.25, -0.2) is 9.07 Å². The van der Waals surface area contributed by atoms with Crippen LogP contribution in [0.5, 0.6) is 11.6 Å². The molecular weight excluding hydrogens is 445 g/mol. The van der Waals surface area contributed by atoms with Crippen LogP contribution >= 0.6 is 0 Å². The first-order valence-electron chi connectivity index (χ1n) is 11.6. The Morgan fingerprint density at radius 3 is 2.60 bits per heavy atom. The fourth-order valence-corrected chi connectivity index (χ4v) is 4.01. The molecule has 0 bridgehead atoms. The number of nitrogens with zero attached hydrogens (tertiary/aromatic N) is 3. The molecule has 0 saturated carbocycles. The second kappa shape index (κ2) is 11.6. The van der Waals surface area contributed by atoms with Crippen LogP contribution in [0.4, 0.5) is 4.39 Å². The summed E-state index contributed by atoms with van der Waals surface area (Å²) in [7, 11) is 1.78. The normalized spacial score (nSPS) is 12.1. The quantitative estimate of drug-likeness (QED) is 0.257. The summed E-state index contributed by atoms with van der Waals surface area (Å²) in [6.45, 7) is 5.06. The molecule has 6 nitrogen and oxygen atoms in total. The zero-order chi connectivity index (χ0) is 24.6. The first kappa shape index (κ1) is 24.4. The minimum absolute atomic E-state index is 0.125. The largest absolute Gasteiger partial charge is 0.468 e. The molecule has 0 aliphatic carbocycles. The number of para-hydroxylation sites is 1. The molecule has 0 saturated heterocycles. The van der Waals surface area contributed by atoms with E-state index in [4.69, 9.17) is 14.3 Å². The third kappa shape index (κ3) is 6.26. The van der Waals surface area contributed by atoms with Crippen LogP contribution in [0.15, 0.2) is 90.1 Å². The summed E-state index contributed by atoms with van der Waals surface area (Å²) in [6, 6.07) is 19.9. The number of allylic oxidation sites excluding steroid dienone is 1. The SMILES string of the molecule is C=CCC[C@@H](O)CN(Cc1ccco1)Cc1c(-c2ccccc2)nn(C)c1Oc1ccccc1F. The Kier molecular flexibility index (Phi) is 8.13. The Morgan fingerprint density at radius 2 is 1.89 bits per heavy atom. The van der Waals surface area contributed by atoms with Gasteiger partial charge in [0, 0.05) is 25.7 Å². The maximum atomic E-state index is 14.5. The molecule has 0 amide bonds. The van der Waals surface area contributed by atoms with Crippen molar-refractivity contribution in [1.29, 1.82) is 0 Å². The fraction of sp³-hybridized carbons (Fsp3) is 0.250. The lowest BCUT2D eigenvalue weighted by atomic mass is 10.1. The number of aliphatic hydroxyl groups is 1. The number of aliphatic hydroxyl groups excluding tert-OH is 1. The molecule has 182 valence electrons. The standard InChI is InChI=1S/C28H30FN3O3/c1-3-4-13-22(33)18-32(19-23-14-10-17-34-23)20-24-27(21-11-6-5-7-12-21)30-31(2)28(24)35-26-16-9-8-15-25(26)29/h3,5-12,14-17,22,33H,1,4,13,18-20H2,2H3/t22-/m1/s1. The third-order valence-corrected chi connectivity index (χ3v) is 5.69. The van der Waals surface area contributed by atoms with Crippen molar-refractivity contribution in [3.63, 3.8) is 0 Å². The van der Waals surface area contributed by atoms with E-state index in [1.807, 2.05) is 42.5 Å². The van der Waals surface area contributed by atoms with Crippen LogP contribution in [0.3, 0.4) is 0 Å². The van der Waals surface area contributed by atoms with E-state index in [9.17, 15) is 9.50 Å². The van der Waals surface area contributed by atoms with Crippen LogP contribution in [-0.4, -0.2) is 32.4 Å². The zero-order valence-electron chi connectivity index (χ0n) is 19.8. The minimum Gasteiger partial charge on any atom is -0.468 e. The molecule has 4 rings (SSSR count). The Balaban J connectivity index is 1.72. The van der Waals surface area contributed by atoms with Crippen molar-refractivity contribution in [2.45, 2.75) is 32.0 Å². The number of ether oxygens (including phenoxy) is 1. The number of aryl methyl sites for hydroxylation is 1. The van der Waals surface area contributed by atoms with E-state index in [1.54, 1.807) is 42.3 Å².